The van der Waals surface area contributed by atoms with Gasteiger partial charge in [0.15, 0.2) is 0 Å². The topological polar surface area (TPSA) is 26.3 Å². The summed E-state index contributed by atoms with van der Waals surface area (Å²) in [4.78, 5) is 11.1. The Morgan fingerprint density at radius 2 is 1.92 bits per heavy atom. The van der Waals surface area contributed by atoms with Crippen LogP contribution < -0.4 is 0 Å². The molecule has 13 heavy (non-hydrogen) atoms. The number of carbonyl (C=O) groups excluding carboxylic acids is 1. The molecule has 0 atom stereocenters. The van der Waals surface area contributed by atoms with Crippen LogP contribution in [-0.4, -0.2) is 27.3 Å². The van der Waals surface area contributed by atoms with Crippen molar-refractivity contribution in [3.63, 3.8) is 0 Å². The van der Waals surface area contributed by atoms with Crippen molar-refractivity contribution in [1.29, 1.82) is 0 Å². The Morgan fingerprint density at radius 3 is 2.23 bits per heavy atom. The first-order valence-corrected chi connectivity index (χ1v) is 9.29. The third-order valence-electron chi connectivity index (χ3n) is 1.10. The van der Waals surface area contributed by atoms with E-state index in [9.17, 15) is 4.79 Å². The van der Waals surface area contributed by atoms with Crippen LogP contribution in [-0.2, 0) is 8.52 Å². The van der Waals surface area contributed by atoms with Gasteiger partial charge in [0.05, 0.1) is 0 Å². The van der Waals surface area contributed by atoms with Gasteiger partial charge in [-0.05, 0) is 0 Å². The maximum absolute atomic E-state index is 11.1. The van der Waals surface area contributed by atoms with E-state index in [2.05, 4.69) is 11.6 Å². The van der Waals surface area contributed by atoms with Gasteiger partial charge in [0.2, 0.25) is 0 Å². The van der Waals surface area contributed by atoms with E-state index < -0.39 is 15.0 Å². The van der Waals surface area contributed by atoms with Crippen LogP contribution in [0.3, 0.4) is 0 Å². The number of alkyl halides is 1. The summed E-state index contributed by atoms with van der Waals surface area (Å²) in [5.74, 6) is -0.142. The number of hydrogen-bond acceptors (Lipinski definition) is 2. The minimum atomic E-state index is -1.26. The summed E-state index contributed by atoms with van der Waals surface area (Å²) in [5, 5.41) is 0. The van der Waals surface area contributed by atoms with Crippen LogP contribution in [0.5, 0.6) is 0 Å². The number of halogens is 1. The Labute approximate surface area is 90.9 Å². The van der Waals surface area contributed by atoms with Gasteiger partial charge in [-0.25, -0.2) is 0 Å². The number of rotatable bonds is 3. The second kappa shape index (κ2) is 10.1. The Balaban J connectivity index is 0. The first kappa shape index (κ1) is 15.5. The third kappa shape index (κ3) is 9.98. The van der Waals surface area contributed by atoms with Crippen LogP contribution in [0.2, 0.25) is 11.4 Å². The predicted octanol–water partition coefficient (Wildman–Crippen LogP) is 2.99. The molecule has 0 aromatic heterocycles. The first-order chi connectivity index (χ1) is 6.07. The average Bonchev–Trinajstić information content (AvgIpc) is 2.07. The van der Waals surface area contributed by atoms with Crippen molar-refractivity contribution < 1.29 is 8.52 Å². The molecule has 0 radical (unpaired) electrons. The Bertz CT molecular complexity index is 167. The summed E-state index contributed by atoms with van der Waals surface area (Å²) in [6.07, 6.45) is 4.25. The van der Waals surface area contributed by atoms with Gasteiger partial charge in [-0.3, -0.25) is 0 Å². The maximum Gasteiger partial charge on any atom is 0.0108 e. The fraction of sp³-hybridized carbons (Fsp3) is 0.667. The fourth-order valence-electron chi connectivity index (χ4n) is 0.627. The van der Waals surface area contributed by atoms with E-state index in [0.29, 0.717) is 0 Å². The molecule has 0 aromatic carbocycles. The molecule has 0 aliphatic rings. The molecule has 0 fully saturated rings. The Hall–Kier alpha value is 0.0584. The third-order valence-corrected chi connectivity index (χ3v) is 2.21. The van der Waals surface area contributed by atoms with Gasteiger partial charge in [0.25, 0.3) is 0 Å². The molecule has 4 heteroatoms. The summed E-state index contributed by atoms with van der Waals surface area (Å²) in [6, 6.07) is 0. The Kier molecular flexibility index (Phi) is 12.1. The summed E-state index contributed by atoms with van der Waals surface area (Å²) in [5.41, 5.74) is 4.71. The van der Waals surface area contributed by atoms with Gasteiger partial charge < -0.3 is 0 Å². The van der Waals surface area contributed by atoms with Crippen molar-refractivity contribution >= 4 is 32.6 Å². The Morgan fingerprint density at radius 1 is 1.46 bits per heavy atom. The molecule has 0 N–H and O–H groups in total. The van der Waals surface area contributed by atoms with E-state index in [1.165, 1.54) is 6.38 Å². The quantitative estimate of drug-likeness (QED) is 0.447. The molecule has 0 aliphatic carbocycles. The monoisotopic (exact) mass is 268 g/mol. The van der Waals surface area contributed by atoms with Crippen LogP contribution >= 0.6 is 11.6 Å². The molecule has 78 valence electrons. The molecule has 0 amide bonds. The zero-order chi connectivity index (χ0) is 10.9. The summed E-state index contributed by atoms with van der Waals surface area (Å²) in [6.45, 7) is 3.80. The summed E-state index contributed by atoms with van der Waals surface area (Å²) in [7, 11) is 0. The normalized spacial score (nSPS) is 10.5. The average molecular weight is 269 g/mol. The van der Waals surface area contributed by atoms with Gasteiger partial charge in [0, 0.05) is 6.38 Å². The maximum atomic E-state index is 11.1. The minimum Gasteiger partial charge on any atom is -0.130 e. The molecular formula is C9H18AsClO2. The zero-order valence-electron chi connectivity index (χ0n) is 8.93. The van der Waals surface area contributed by atoms with E-state index in [4.69, 9.17) is 3.73 Å². The van der Waals surface area contributed by atoms with Gasteiger partial charge in [0.1, 0.15) is 0 Å². The predicted molar refractivity (Wildman–Crippen MR) is 59.4 cm³/mol. The molecule has 0 aromatic rings. The SMILES string of the molecule is CCC=C(C)C(=O)O[As](C)C.CCl. The second-order valence-corrected chi connectivity index (χ2v) is 6.28. The van der Waals surface area contributed by atoms with Gasteiger partial charge in [-0.2, -0.15) is 0 Å². The standard InChI is InChI=1S/C8H15AsO2.CH3Cl/c1-5-6-7(2)8(10)11-9(3)4;1-2/h6H,5H2,1-4H3;1H3. The largest absolute Gasteiger partial charge is 0.130 e. The first-order valence-electron chi connectivity index (χ1n) is 4.02. The molecule has 0 aliphatic heterocycles. The van der Waals surface area contributed by atoms with Crippen LogP contribution in [0.1, 0.15) is 20.3 Å². The van der Waals surface area contributed by atoms with Crippen molar-refractivity contribution in [2.45, 2.75) is 31.7 Å². The van der Waals surface area contributed by atoms with E-state index >= 15 is 0 Å². The molecule has 0 spiro atoms. The van der Waals surface area contributed by atoms with Crippen molar-refractivity contribution in [1.82, 2.24) is 0 Å². The zero-order valence-corrected chi connectivity index (χ0v) is 11.6. The fourth-order valence-corrected chi connectivity index (χ4v) is 1.63. The van der Waals surface area contributed by atoms with E-state index in [1.54, 1.807) is 6.92 Å². The molecule has 0 unspecified atom stereocenters. The van der Waals surface area contributed by atoms with Crippen LogP contribution in [0.15, 0.2) is 11.6 Å². The molecule has 0 rings (SSSR count). The van der Waals surface area contributed by atoms with Gasteiger partial charge in [-0.1, -0.05) is 0 Å². The number of allylic oxidation sites excluding steroid dienone is 1. The van der Waals surface area contributed by atoms with Crippen LogP contribution in [0, 0.1) is 0 Å². The van der Waals surface area contributed by atoms with Gasteiger partial charge >= 0.3 is 72.8 Å². The molecule has 0 saturated carbocycles. The van der Waals surface area contributed by atoms with Crippen molar-refractivity contribution in [2.24, 2.45) is 0 Å². The molecule has 0 saturated heterocycles. The van der Waals surface area contributed by atoms with Crippen molar-refractivity contribution in [3.8, 4) is 0 Å². The minimum absolute atomic E-state index is 0.142. The smallest absolute Gasteiger partial charge is 0.0108 e. The summed E-state index contributed by atoms with van der Waals surface area (Å²) >= 11 is 3.38. The molecule has 0 bridgehead atoms. The second-order valence-electron chi connectivity index (χ2n) is 2.49. The van der Waals surface area contributed by atoms with Crippen molar-refractivity contribution in [3.05, 3.63) is 11.6 Å². The van der Waals surface area contributed by atoms with E-state index in [0.717, 1.165) is 12.0 Å². The van der Waals surface area contributed by atoms with Crippen molar-refractivity contribution in [2.75, 3.05) is 6.38 Å². The summed E-state index contributed by atoms with van der Waals surface area (Å²) < 4.78 is 5.10. The van der Waals surface area contributed by atoms with Crippen LogP contribution in [0.4, 0.5) is 0 Å². The molecule has 2 nitrogen and oxygen atoms in total. The van der Waals surface area contributed by atoms with E-state index in [1.807, 2.05) is 24.4 Å². The van der Waals surface area contributed by atoms with E-state index in [-0.39, 0.29) is 5.97 Å². The number of carbonyl (C=O) groups is 1. The molecular weight excluding hydrogens is 250 g/mol. The van der Waals surface area contributed by atoms with Crippen LogP contribution in [0.25, 0.3) is 0 Å². The number of hydrogen-bond donors (Lipinski definition) is 0. The molecule has 0 heterocycles. The van der Waals surface area contributed by atoms with Gasteiger partial charge in [-0.15, -0.1) is 11.6 Å².